The molecule has 1 aromatic carbocycles. The van der Waals surface area contributed by atoms with Gasteiger partial charge in [-0.25, -0.2) is 9.47 Å². The lowest BCUT2D eigenvalue weighted by Crippen LogP contribution is -2.44. The van der Waals surface area contributed by atoms with E-state index >= 15 is 0 Å². The number of non-ortho nitro benzene ring substituents is 1. The zero-order valence-corrected chi connectivity index (χ0v) is 12.5. The molecule has 0 atom stereocenters. The standard InChI is InChI=1S/C14H9F3N4O4/c1-18-11(14(15,16)17)7-12(22)20(13(18)23)19-5-4-8-2-3-9(21(24)25)6-10(8)19/h2-7H,1H3. The molecule has 0 saturated heterocycles. The van der Waals surface area contributed by atoms with E-state index < -0.39 is 28.0 Å². The molecule has 0 amide bonds. The van der Waals surface area contributed by atoms with Gasteiger partial charge in [0.05, 0.1) is 10.4 Å². The van der Waals surface area contributed by atoms with Crippen molar-refractivity contribution in [2.24, 2.45) is 7.05 Å². The van der Waals surface area contributed by atoms with Crippen molar-refractivity contribution in [3.8, 4) is 0 Å². The van der Waals surface area contributed by atoms with E-state index in [9.17, 15) is 32.9 Å². The van der Waals surface area contributed by atoms with Crippen LogP contribution in [-0.4, -0.2) is 18.8 Å². The molecule has 8 nitrogen and oxygen atoms in total. The van der Waals surface area contributed by atoms with Gasteiger partial charge >= 0.3 is 11.9 Å². The number of fused-ring (bicyclic) bond motifs is 1. The minimum absolute atomic E-state index is 0.133. The van der Waals surface area contributed by atoms with E-state index in [1.165, 1.54) is 24.4 Å². The largest absolute Gasteiger partial charge is 0.431 e. The maximum absolute atomic E-state index is 12.9. The van der Waals surface area contributed by atoms with Gasteiger partial charge in [0.15, 0.2) is 0 Å². The highest BCUT2D eigenvalue weighted by Gasteiger charge is 2.35. The van der Waals surface area contributed by atoms with Crippen molar-refractivity contribution in [3.05, 3.63) is 73.2 Å². The van der Waals surface area contributed by atoms with Gasteiger partial charge in [0, 0.05) is 36.8 Å². The van der Waals surface area contributed by atoms with Crippen LogP contribution in [0.5, 0.6) is 0 Å². The third-order valence-electron chi connectivity index (χ3n) is 3.67. The fraction of sp³-hybridized carbons (Fsp3) is 0.143. The average Bonchev–Trinajstić information content (AvgIpc) is 2.93. The van der Waals surface area contributed by atoms with Crippen LogP contribution >= 0.6 is 0 Å². The van der Waals surface area contributed by atoms with Crippen LogP contribution < -0.4 is 11.2 Å². The number of benzene rings is 1. The van der Waals surface area contributed by atoms with E-state index in [0.29, 0.717) is 20.7 Å². The summed E-state index contributed by atoms with van der Waals surface area (Å²) in [6.45, 7) is 0. The maximum Gasteiger partial charge on any atom is 0.431 e. The summed E-state index contributed by atoms with van der Waals surface area (Å²) in [5.41, 5.74) is -3.98. The highest BCUT2D eigenvalue weighted by Crippen LogP contribution is 2.27. The van der Waals surface area contributed by atoms with E-state index in [1.54, 1.807) is 0 Å². The lowest BCUT2D eigenvalue weighted by atomic mass is 10.2. The van der Waals surface area contributed by atoms with Crippen molar-refractivity contribution >= 4 is 16.6 Å². The number of halogens is 3. The van der Waals surface area contributed by atoms with Gasteiger partial charge < -0.3 is 0 Å². The fourth-order valence-corrected chi connectivity index (χ4v) is 2.48. The monoisotopic (exact) mass is 354 g/mol. The number of hydrogen-bond acceptors (Lipinski definition) is 4. The first kappa shape index (κ1) is 16.5. The molecule has 0 bridgehead atoms. The lowest BCUT2D eigenvalue weighted by molar-refractivity contribution is -0.384. The Balaban J connectivity index is 2.35. The van der Waals surface area contributed by atoms with Crippen molar-refractivity contribution in [2.45, 2.75) is 6.18 Å². The number of aromatic nitrogens is 3. The summed E-state index contributed by atoms with van der Waals surface area (Å²) in [5, 5.41) is 11.4. The van der Waals surface area contributed by atoms with E-state index in [4.69, 9.17) is 0 Å². The van der Waals surface area contributed by atoms with Gasteiger partial charge in [-0.1, -0.05) is 0 Å². The maximum atomic E-state index is 12.9. The molecule has 3 rings (SSSR count). The second-order valence-corrected chi connectivity index (χ2v) is 5.18. The molecule has 0 spiro atoms. The number of alkyl halides is 3. The molecule has 11 heteroatoms. The first-order chi connectivity index (χ1) is 11.6. The first-order valence-corrected chi connectivity index (χ1v) is 6.77. The fourth-order valence-electron chi connectivity index (χ4n) is 2.48. The van der Waals surface area contributed by atoms with Crippen LogP contribution in [0, 0.1) is 10.1 Å². The van der Waals surface area contributed by atoms with Gasteiger partial charge in [0.2, 0.25) is 0 Å². The molecule has 0 radical (unpaired) electrons. The molecule has 2 aromatic heterocycles. The van der Waals surface area contributed by atoms with E-state index in [0.717, 1.165) is 17.8 Å². The molecule has 0 saturated carbocycles. The molecular weight excluding hydrogens is 345 g/mol. The zero-order chi connectivity index (χ0) is 18.5. The molecule has 130 valence electrons. The van der Waals surface area contributed by atoms with E-state index in [-0.39, 0.29) is 11.2 Å². The molecule has 0 aliphatic heterocycles. The van der Waals surface area contributed by atoms with Crippen molar-refractivity contribution in [1.82, 2.24) is 13.9 Å². The number of nitro groups is 1. The Morgan fingerprint density at radius 3 is 2.40 bits per heavy atom. The molecule has 2 heterocycles. The van der Waals surface area contributed by atoms with Gasteiger partial charge in [-0.05, 0) is 12.1 Å². The number of nitro benzene ring substituents is 1. The predicted octanol–water partition coefficient (Wildman–Crippen LogP) is 1.74. The summed E-state index contributed by atoms with van der Waals surface area (Å²) in [4.78, 5) is 34.6. The molecule has 0 unspecified atom stereocenters. The first-order valence-electron chi connectivity index (χ1n) is 6.77. The summed E-state index contributed by atoms with van der Waals surface area (Å²) < 4.78 is 40.4. The lowest BCUT2D eigenvalue weighted by Gasteiger charge is -2.14. The molecule has 25 heavy (non-hydrogen) atoms. The normalized spacial score (nSPS) is 11.8. The van der Waals surface area contributed by atoms with Crippen LogP contribution in [0.2, 0.25) is 0 Å². The van der Waals surface area contributed by atoms with Crippen LogP contribution in [-0.2, 0) is 13.2 Å². The smallest absolute Gasteiger partial charge is 0.291 e. The van der Waals surface area contributed by atoms with Gasteiger partial charge in [-0.3, -0.25) is 19.5 Å². The molecule has 3 aromatic rings. The van der Waals surface area contributed by atoms with Gasteiger partial charge in [0.1, 0.15) is 5.69 Å². The summed E-state index contributed by atoms with van der Waals surface area (Å²) >= 11 is 0. The summed E-state index contributed by atoms with van der Waals surface area (Å²) in [6, 6.07) is 5.54. The number of hydrogen-bond donors (Lipinski definition) is 0. The van der Waals surface area contributed by atoms with Crippen LogP contribution in [0.3, 0.4) is 0 Å². The molecule has 0 N–H and O–H groups in total. The number of rotatable bonds is 2. The average molecular weight is 354 g/mol. The predicted molar refractivity (Wildman–Crippen MR) is 80.3 cm³/mol. The van der Waals surface area contributed by atoms with Crippen molar-refractivity contribution in [1.29, 1.82) is 0 Å². The molecule has 0 aliphatic carbocycles. The summed E-state index contributed by atoms with van der Waals surface area (Å²) in [5.74, 6) is 0. The quantitative estimate of drug-likeness (QED) is 0.518. The highest BCUT2D eigenvalue weighted by molar-refractivity contribution is 5.82. The number of nitrogens with zero attached hydrogens (tertiary/aromatic N) is 4. The minimum Gasteiger partial charge on any atom is -0.291 e. The molecular formula is C14H9F3N4O4. The Morgan fingerprint density at radius 1 is 1.12 bits per heavy atom. The Morgan fingerprint density at radius 2 is 1.80 bits per heavy atom. The third-order valence-corrected chi connectivity index (χ3v) is 3.67. The van der Waals surface area contributed by atoms with Crippen molar-refractivity contribution in [3.63, 3.8) is 0 Å². The summed E-state index contributed by atoms with van der Waals surface area (Å²) in [6.07, 6.45) is -3.60. The molecule has 0 fully saturated rings. The van der Waals surface area contributed by atoms with E-state index in [2.05, 4.69) is 0 Å². The third kappa shape index (κ3) is 2.58. The van der Waals surface area contributed by atoms with Crippen LogP contribution in [0.25, 0.3) is 10.9 Å². The van der Waals surface area contributed by atoms with Crippen LogP contribution in [0.15, 0.2) is 46.1 Å². The summed E-state index contributed by atoms with van der Waals surface area (Å²) in [7, 11) is 0.884. The van der Waals surface area contributed by atoms with Crippen molar-refractivity contribution < 1.29 is 18.1 Å². The topological polar surface area (TPSA) is 92.1 Å². The van der Waals surface area contributed by atoms with E-state index in [1.807, 2.05) is 0 Å². The van der Waals surface area contributed by atoms with Gasteiger partial charge in [0.25, 0.3) is 11.2 Å². The van der Waals surface area contributed by atoms with Gasteiger partial charge in [-0.15, -0.1) is 0 Å². The van der Waals surface area contributed by atoms with Crippen LogP contribution in [0.4, 0.5) is 18.9 Å². The Kier molecular flexibility index (Phi) is 3.51. The second kappa shape index (κ2) is 5.33. The van der Waals surface area contributed by atoms with Gasteiger partial charge in [-0.2, -0.15) is 17.8 Å². The Bertz CT molecular complexity index is 1120. The second-order valence-electron chi connectivity index (χ2n) is 5.18. The minimum atomic E-state index is -4.87. The Hall–Kier alpha value is -3.37. The zero-order valence-electron chi connectivity index (χ0n) is 12.5. The molecule has 0 aliphatic rings. The SMILES string of the molecule is Cn1c(C(F)(F)F)cc(=O)n(-n2ccc3ccc([N+](=O)[O-])cc32)c1=O. The highest BCUT2D eigenvalue weighted by atomic mass is 19.4. The van der Waals surface area contributed by atoms with Crippen molar-refractivity contribution in [2.75, 3.05) is 0 Å². The Labute approximate surface area is 136 Å². The van der Waals surface area contributed by atoms with Crippen LogP contribution in [0.1, 0.15) is 5.69 Å².